The van der Waals surface area contributed by atoms with Crippen LogP contribution in [0.4, 0.5) is 4.79 Å². The summed E-state index contributed by atoms with van der Waals surface area (Å²) in [5.74, 6) is -0.537. The summed E-state index contributed by atoms with van der Waals surface area (Å²) >= 11 is 0. The number of carbonyl (C=O) groups is 2. The molecule has 0 saturated carbocycles. The second kappa shape index (κ2) is 9.75. The van der Waals surface area contributed by atoms with Crippen LogP contribution in [0.5, 0.6) is 5.75 Å². The van der Waals surface area contributed by atoms with Crippen LogP contribution >= 0.6 is 0 Å². The Morgan fingerprint density at radius 1 is 1.07 bits per heavy atom. The summed E-state index contributed by atoms with van der Waals surface area (Å²) in [6.45, 7) is 4.70. The lowest BCUT2D eigenvalue weighted by Crippen LogP contribution is -2.51. The first kappa shape index (κ1) is 20.4. The van der Waals surface area contributed by atoms with Crippen LogP contribution in [0.1, 0.15) is 17.2 Å². The molecule has 7 nitrogen and oxygen atoms in total. The fourth-order valence-corrected chi connectivity index (χ4v) is 3.07. The van der Waals surface area contributed by atoms with Crippen LogP contribution in [0.25, 0.3) is 0 Å². The molecule has 2 atom stereocenters. The highest BCUT2D eigenvalue weighted by Crippen LogP contribution is 2.31. The Morgan fingerprint density at radius 2 is 1.79 bits per heavy atom. The molecule has 1 saturated heterocycles. The van der Waals surface area contributed by atoms with Gasteiger partial charge in [-0.15, -0.1) is 0 Å². The third-order valence-corrected chi connectivity index (χ3v) is 4.54. The van der Waals surface area contributed by atoms with Crippen LogP contribution in [0.15, 0.2) is 66.9 Å². The number of nitrogens with one attached hydrogen (secondary N) is 2. The Kier molecular flexibility index (Phi) is 6.86. The Labute approximate surface area is 169 Å². The van der Waals surface area contributed by atoms with Gasteiger partial charge in [0.15, 0.2) is 0 Å². The number of hydrogen-bond donors (Lipinski definition) is 2. The number of methoxy groups -OCH3 is 1. The van der Waals surface area contributed by atoms with E-state index >= 15 is 0 Å². The zero-order valence-corrected chi connectivity index (χ0v) is 16.2. The van der Waals surface area contributed by atoms with Gasteiger partial charge in [-0.05, 0) is 23.3 Å². The molecule has 1 fully saturated rings. The molecule has 2 aromatic rings. The fraction of sp³-hybridized carbons (Fsp3) is 0.273. The summed E-state index contributed by atoms with van der Waals surface area (Å²) < 4.78 is 15.9. The lowest BCUT2D eigenvalue weighted by Gasteiger charge is -2.33. The van der Waals surface area contributed by atoms with Crippen molar-refractivity contribution in [2.24, 2.45) is 5.92 Å². The minimum absolute atomic E-state index is 0.131. The molecule has 2 aromatic carbocycles. The molecule has 1 heterocycles. The maximum absolute atomic E-state index is 12.5. The van der Waals surface area contributed by atoms with Gasteiger partial charge in [-0.3, -0.25) is 4.79 Å². The fourth-order valence-electron chi connectivity index (χ4n) is 3.07. The predicted octanol–water partition coefficient (Wildman–Crippen LogP) is 2.94. The molecule has 3 rings (SSSR count). The van der Waals surface area contributed by atoms with Crippen LogP contribution in [-0.2, 0) is 20.9 Å². The first-order valence-corrected chi connectivity index (χ1v) is 9.27. The summed E-state index contributed by atoms with van der Waals surface area (Å²) in [7, 11) is 1.53. The van der Waals surface area contributed by atoms with Crippen molar-refractivity contribution in [3.8, 4) is 5.75 Å². The molecule has 1 aliphatic rings. The second-order valence-electron chi connectivity index (χ2n) is 6.58. The first-order chi connectivity index (χ1) is 14.1. The van der Waals surface area contributed by atoms with Gasteiger partial charge in [0.1, 0.15) is 24.9 Å². The average Bonchev–Trinajstić information content (AvgIpc) is 2.73. The van der Waals surface area contributed by atoms with E-state index in [1.54, 1.807) is 0 Å². The molecule has 0 unspecified atom stereocenters. The summed E-state index contributed by atoms with van der Waals surface area (Å²) in [4.78, 5) is 24.5. The molecule has 7 heteroatoms. The van der Waals surface area contributed by atoms with Gasteiger partial charge in [0.05, 0.1) is 12.6 Å². The van der Waals surface area contributed by atoms with Crippen LogP contribution in [-0.4, -0.2) is 32.3 Å². The van der Waals surface area contributed by atoms with Crippen LogP contribution in [0.2, 0.25) is 0 Å². The average molecular weight is 396 g/mol. The van der Waals surface area contributed by atoms with Crippen LogP contribution < -0.4 is 15.4 Å². The van der Waals surface area contributed by atoms with E-state index in [1.165, 1.54) is 7.11 Å². The number of rotatable bonds is 8. The monoisotopic (exact) mass is 396 g/mol. The van der Waals surface area contributed by atoms with E-state index in [-0.39, 0.29) is 6.61 Å². The van der Waals surface area contributed by atoms with Gasteiger partial charge < -0.3 is 24.8 Å². The number of benzene rings is 2. The third-order valence-electron chi connectivity index (χ3n) is 4.54. The van der Waals surface area contributed by atoms with Crippen LogP contribution in [0, 0.1) is 5.92 Å². The number of amides is 2. The molecule has 0 spiro atoms. The molecule has 152 valence electrons. The summed E-state index contributed by atoms with van der Waals surface area (Å²) in [6.07, 6.45) is 0. The van der Waals surface area contributed by atoms with E-state index in [0.29, 0.717) is 24.7 Å². The van der Waals surface area contributed by atoms with E-state index in [0.717, 1.165) is 11.1 Å². The Hall–Kier alpha value is -3.32. The van der Waals surface area contributed by atoms with Crippen LogP contribution in [0.3, 0.4) is 0 Å². The first-order valence-electron chi connectivity index (χ1n) is 9.27. The van der Waals surface area contributed by atoms with Gasteiger partial charge in [0.2, 0.25) is 0 Å². The highest BCUT2D eigenvalue weighted by molar-refractivity contribution is 5.85. The van der Waals surface area contributed by atoms with E-state index in [4.69, 9.17) is 14.2 Å². The largest absolute Gasteiger partial charge is 0.489 e. The van der Waals surface area contributed by atoms with Crippen molar-refractivity contribution < 1.29 is 23.8 Å². The molecule has 0 bridgehead atoms. The Balaban J connectivity index is 1.70. The van der Waals surface area contributed by atoms with Crippen molar-refractivity contribution in [2.75, 3.05) is 20.3 Å². The van der Waals surface area contributed by atoms with E-state index in [9.17, 15) is 9.59 Å². The van der Waals surface area contributed by atoms with Crippen molar-refractivity contribution >= 4 is 12.0 Å². The molecule has 2 amide bonds. The Morgan fingerprint density at radius 3 is 2.48 bits per heavy atom. The minimum Gasteiger partial charge on any atom is -0.489 e. The van der Waals surface area contributed by atoms with E-state index in [2.05, 4.69) is 17.2 Å². The molecule has 0 aliphatic carbocycles. The smallest absolute Gasteiger partial charge is 0.319 e. The molecular formula is C22H24N2O5. The molecular weight excluding hydrogens is 372 g/mol. The molecule has 29 heavy (non-hydrogen) atoms. The zero-order valence-electron chi connectivity index (χ0n) is 16.2. The number of hydrogen-bond acceptors (Lipinski definition) is 5. The standard InChI is InChI=1S/C22H24N2O5/c1-15-19(21(25)28-13-12-27-2)20(24-22(26)23-15)17-8-10-18(11-9-17)29-14-16-6-4-3-5-7-16/h3-11,19-20H,1,12-14H2,2H3,(H2,23,24,26)/t19-,20+/m1/s1. The van der Waals surface area contributed by atoms with Gasteiger partial charge in [0.25, 0.3) is 0 Å². The third kappa shape index (κ3) is 5.36. The van der Waals surface area contributed by atoms with Crippen molar-refractivity contribution in [1.82, 2.24) is 10.6 Å². The SMILES string of the molecule is C=C1NC(=O)N[C@@H](c2ccc(OCc3ccccc3)cc2)[C@@H]1C(=O)OCCOC. The van der Waals surface area contributed by atoms with Gasteiger partial charge >= 0.3 is 12.0 Å². The zero-order chi connectivity index (χ0) is 20.6. The lowest BCUT2D eigenvalue weighted by atomic mass is 9.89. The summed E-state index contributed by atoms with van der Waals surface area (Å²) in [6, 6.07) is 16.1. The van der Waals surface area contributed by atoms with Crippen molar-refractivity contribution in [3.05, 3.63) is 78.0 Å². The summed E-state index contributed by atoms with van der Waals surface area (Å²) in [5.41, 5.74) is 2.12. The van der Waals surface area contributed by atoms with E-state index in [1.807, 2.05) is 54.6 Å². The molecule has 2 N–H and O–H groups in total. The number of ether oxygens (including phenoxy) is 3. The summed E-state index contributed by atoms with van der Waals surface area (Å²) in [5, 5.41) is 5.33. The number of esters is 1. The number of urea groups is 1. The van der Waals surface area contributed by atoms with Gasteiger partial charge in [-0.25, -0.2) is 4.79 Å². The maximum atomic E-state index is 12.5. The van der Waals surface area contributed by atoms with Gasteiger partial charge in [0, 0.05) is 12.8 Å². The minimum atomic E-state index is -0.749. The Bertz CT molecular complexity index is 851. The maximum Gasteiger partial charge on any atom is 0.319 e. The predicted molar refractivity (Wildman–Crippen MR) is 107 cm³/mol. The van der Waals surface area contributed by atoms with Gasteiger partial charge in [-0.2, -0.15) is 0 Å². The van der Waals surface area contributed by atoms with E-state index < -0.39 is 24.0 Å². The highest BCUT2D eigenvalue weighted by atomic mass is 16.6. The normalized spacial score (nSPS) is 18.5. The number of carbonyl (C=O) groups excluding carboxylic acids is 2. The molecule has 0 aromatic heterocycles. The van der Waals surface area contributed by atoms with Gasteiger partial charge in [-0.1, -0.05) is 49.0 Å². The molecule has 0 radical (unpaired) electrons. The lowest BCUT2D eigenvalue weighted by molar-refractivity contribution is -0.149. The van der Waals surface area contributed by atoms with Crippen molar-refractivity contribution in [2.45, 2.75) is 12.6 Å². The molecule has 1 aliphatic heterocycles. The highest BCUT2D eigenvalue weighted by Gasteiger charge is 2.38. The van der Waals surface area contributed by atoms with Crippen molar-refractivity contribution in [3.63, 3.8) is 0 Å². The quantitative estimate of drug-likeness (QED) is 0.529. The topological polar surface area (TPSA) is 85.9 Å². The van der Waals surface area contributed by atoms with Crippen molar-refractivity contribution in [1.29, 1.82) is 0 Å². The second-order valence-corrected chi connectivity index (χ2v) is 6.58.